The molecular weight excluding hydrogens is 220 g/mol. The van der Waals surface area contributed by atoms with Crippen molar-refractivity contribution >= 4 is 17.1 Å². The van der Waals surface area contributed by atoms with E-state index in [-0.39, 0.29) is 12.1 Å². The van der Waals surface area contributed by atoms with Gasteiger partial charge in [-0.05, 0) is 19.9 Å². The zero-order chi connectivity index (χ0) is 12.2. The van der Waals surface area contributed by atoms with Crippen LogP contribution >= 0.6 is 0 Å². The van der Waals surface area contributed by atoms with Crippen LogP contribution in [-0.2, 0) is 4.74 Å². The predicted octanol–water partition coefficient (Wildman–Crippen LogP) is 3.06. The van der Waals surface area contributed by atoms with Crippen molar-refractivity contribution in [3.05, 3.63) is 29.3 Å². The van der Waals surface area contributed by atoms with Crippen molar-refractivity contribution in [2.24, 2.45) is 0 Å². The molecule has 88 valence electrons. The summed E-state index contributed by atoms with van der Waals surface area (Å²) in [5, 5.41) is 0. The molecule has 1 unspecified atom stereocenters. The molecule has 0 fully saturated rings. The lowest BCUT2D eigenvalue weighted by molar-refractivity contribution is 0.0718. The minimum atomic E-state index is -0.341. The lowest BCUT2D eigenvalue weighted by atomic mass is 10.1. The molecule has 0 N–H and O–H groups in total. The summed E-state index contributed by atoms with van der Waals surface area (Å²) in [5.41, 5.74) is 3.50. The maximum atomic E-state index is 11.4. The van der Waals surface area contributed by atoms with Gasteiger partial charge in [0, 0.05) is 0 Å². The maximum absolute atomic E-state index is 11.4. The maximum Gasteiger partial charge on any atom is 0.347 e. The lowest BCUT2D eigenvalue weighted by Gasteiger charge is -2.12. The van der Waals surface area contributed by atoms with Crippen LogP contribution in [0, 0.1) is 0 Å². The van der Waals surface area contributed by atoms with Crippen LogP contribution in [0.3, 0.4) is 0 Å². The van der Waals surface area contributed by atoms with Crippen LogP contribution in [0.2, 0.25) is 0 Å². The SMILES string of the molecule is C=C(C)COC(C)c1c2c3oc1cc3C(=O)O2. The minimum Gasteiger partial charge on any atom is -0.452 e. The van der Waals surface area contributed by atoms with Gasteiger partial charge in [-0.15, -0.1) is 0 Å². The summed E-state index contributed by atoms with van der Waals surface area (Å²) in [7, 11) is 0. The Labute approximate surface area is 98.1 Å². The van der Waals surface area contributed by atoms with E-state index < -0.39 is 0 Å². The summed E-state index contributed by atoms with van der Waals surface area (Å²) in [6.07, 6.45) is -0.183. The Kier molecular flexibility index (Phi) is 2.03. The fourth-order valence-corrected chi connectivity index (χ4v) is 2.06. The third-order valence-electron chi connectivity index (χ3n) is 2.85. The normalized spacial score (nSPS) is 15.5. The molecule has 17 heavy (non-hydrogen) atoms. The summed E-state index contributed by atoms with van der Waals surface area (Å²) >= 11 is 0. The quantitative estimate of drug-likeness (QED) is 0.600. The van der Waals surface area contributed by atoms with Gasteiger partial charge >= 0.3 is 5.97 Å². The molecule has 1 atom stereocenters. The Morgan fingerprint density at radius 2 is 2.35 bits per heavy atom. The van der Waals surface area contributed by atoms with E-state index in [4.69, 9.17) is 13.9 Å². The molecule has 0 amide bonds. The van der Waals surface area contributed by atoms with Crippen molar-refractivity contribution in [1.82, 2.24) is 0 Å². The summed E-state index contributed by atoms with van der Waals surface area (Å²) in [6, 6.07) is 1.71. The van der Waals surface area contributed by atoms with Crippen LogP contribution in [0.1, 0.15) is 35.9 Å². The van der Waals surface area contributed by atoms with E-state index in [0.717, 1.165) is 11.1 Å². The Morgan fingerprint density at radius 1 is 1.59 bits per heavy atom. The molecule has 0 aliphatic carbocycles. The van der Waals surface area contributed by atoms with Crippen molar-refractivity contribution in [2.45, 2.75) is 20.0 Å². The number of benzene rings is 1. The number of furan rings is 2. The largest absolute Gasteiger partial charge is 0.452 e. The molecule has 4 heteroatoms. The zero-order valence-corrected chi connectivity index (χ0v) is 9.70. The first-order valence-electron chi connectivity index (χ1n) is 5.45. The van der Waals surface area contributed by atoms with Crippen molar-refractivity contribution < 1.29 is 18.7 Å². The fourth-order valence-electron chi connectivity index (χ4n) is 2.06. The molecule has 2 aromatic rings. The van der Waals surface area contributed by atoms with E-state index in [0.29, 0.717) is 29.1 Å². The van der Waals surface area contributed by atoms with Gasteiger partial charge in [-0.2, -0.15) is 0 Å². The van der Waals surface area contributed by atoms with Crippen molar-refractivity contribution in [1.29, 1.82) is 0 Å². The summed E-state index contributed by atoms with van der Waals surface area (Å²) in [6.45, 7) is 8.06. The number of carbonyl (C=O) groups is 1. The number of hydrogen-bond acceptors (Lipinski definition) is 4. The van der Waals surface area contributed by atoms with Gasteiger partial charge in [0.05, 0.1) is 18.3 Å². The highest BCUT2D eigenvalue weighted by Gasteiger charge is 2.36. The number of fused-ring (bicyclic) bond motifs is 1. The molecule has 3 rings (SSSR count). The van der Waals surface area contributed by atoms with Crippen LogP contribution in [0.4, 0.5) is 0 Å². The zero-order valence-electron chi connectivity index (χ0n) is 9.70. The highest BCUT2D eigenvalue weighted by molar-refractivity contribution is 6.09. The van der Waals surface area contributed by atoms with E-state index in [1.165, 1.54) is 0 Å². The van der Waals surface area contributed by atoms with Crippen LogP contribution in [0.5, 0.6) is 5.75 Å². The molecule has 0 saturated heterocycles. The van der Waals surface area contributed by atoms with Crippen LogP contribution < -0.4 is 4.74 Å². The first-order valence-corrected chi connectivity index (χ1v) is 5.45. The van der Waals surface area contributed by atoms with Gasteiger partial charge in [-0.3, -0.25) is 0 Å². The number of hydrogen-bond donors (Lipinski definition) is 0. The van der Waals surface area contributed by atoms with Crippen LogP contribution in [0.15, 0.2) is 22.6 Å². The third kappa shape index (κ3) is 1.37. The number of rotatable bonds is 4. The van der Waals surface area contributed by atoms with E-state index in [9.17, 15) is 4.79 Å². The van der Waals surface area contributed by atoms with Crippen LogP contribution in [0.25, 0.3) is 11.2 Å². The first-order chi connectivity index (χ1) is 8.08. The van der Waals surface area contributed by atoms with Gasteiger partial charge in [-0.25, -0.2) is 4.79 Å². The van der Waals surface area contributed by atoms with E-state index in [1.807, 2.05) is 13.8 Å². The second-order valence-electron chi connectivity index (χ2n) is 4.40. The second kappa shape index (κ2) is 3.34. The number of carbonyl (C=O) groups excluding carboxylic acids is 1. The van der Waals surface area contributed by atoms with Gasteiger partial charge in [-0.1, -0.05) is 12.2 Å². The van der Waals surface area contributed by atoms with Gasteiger partial charge < -0.3 is 13.9 Å². The standard InChI is InChI=1S/C13H12O4/c1-6(2)5-15-7(3)10-9-4-8-11(16-9)12(10)17-13(8)14/h4,7H,1,5H2,2-3H3. The molecule has 2 aromatic heterocycles. The molecule has 2 bridgehead atoms. The Bertz CT molecular complexity index is 608. The molecule has 1 aliphatic heterocycles. The molecule has 4 nitrogen and oxygen atoms in total. The lowest BCUT2D eigenvalue weighted by Crippen LogP contribution is -2.04. The number of ether oxygens (including phenoxy) is 2. The molecule has 3 heterocycles. The average molecular weight is 232 g/mol. The summed E-state index contributed by atoms with van der Waals surface area (Å²) in [5.74, 6) is 0.184. The van der Waals surface area contributed by atoms with Gasteiger partial charge in [0.2, 0.25) is 0 Å². The van der Waals surface area contributed by atoms with Crippen LogP contribution in [-0.4, -0.2) is 12.6 Å². The molecular formula is C13H12O4. The fraction of sp³-hybridized carbons (Fsp3) is 0.308. The second-order valence-corrected chi connectivity index (χ2v) is 4.40. The highest BCUT2D eigenvalue weighted by Crippen LogP contribution is 2.47. The van der Waals surface area contributed by atoms with Crippen molar-refractivity contribution in [3.63, 3.8) is 0 Å². The molecule has 1 aliphatic rings. The topological polar surface area (TPSA) is 48.7 Å². The average Bonchev–Trinajstić information content (AvgIpc) is 2.86. The molecule has 0 radical (unpaired) electrons. The monoisotopic (exact) mass is 232 g/mol. The molecule has 0 aromatic carbocycles. The van der Waals surface area contributed by atoms with E-state index in [2.05, 4.69) is 6.58 Å². The minimum absolute atomic E-state index is 0.183. The Hall–Kier alpha value is -1.81. The van der Waals surface area contributed by atoms with E-state index >= 15 is 0 Å². The smallest absolute Gasteiger partial charge is 0.347 e. The predicted molar refractivity (Wildman–Crippen MR) is 61.5 cm³/mol. The van der Waals surface area contributed by atoms with Gasteiger partial charge in [0.25, 0.3) is 0 Å². The van der Waals surface area contributed by atoms with Gasteiger partial charge in [0.1, 0.15) is 11.1 Å². The number of esters is 1. The summed E-state index contributed by atoms with van der Waals surface area (Å²) < 4.78 is 16.3. The highest BCUT2D eigenvalue weighted by atomic mass is 16.6. The molecule has 0 spiro atoms. The van der Waals surface area contributed by atoms with Gasteiger partial charge in [0.15, 0.2) is 11.3 Å². The first kappa shape index (κ1) is 10.4. The van der Waals surface area contributed by atoms with Crippen molar-refractivity contribution in [3.8, 4) is 5.75 Å². The van der Waals surface area contributed by atoms with E-state index in [1.54, 1.807) is 6.07 Å². The Morgan fingerprint density at radius 3 is 3.06 bits per heavy atom. The summed E-state index contributed by atoms with van der Waals surface area (Å²) in [4.78, 5) is 11.4. The third-order valence-corrected chi connectivity index (χ3v) is 2.85. The van der Waals surface area contributed by atoms with Crippen molar-refractivity contribution in [2.75, 3.05) is 6.61 Å². The Balaban J connectivity index is 1.93. The molecule has 0 saturated carbocycles.